The Morgan fingerprint density at radius 3 is 2.81 bits per heavy atom. The number of aromatic nitrogens is 1. The SMILES string of the molecule is CCCCOc1c(N)cc(C#N)n1Cc1ccccc1F. The molecular formula is C16H18FN3O. The third kappa shape index (κ3) is 3.34. The van der Waals surface area contributed by atoms with Crippen molar-refractivity contribution in [3.05, 3.63) is 47.4 Å². The molecule has 0 amide bonds. The summed E-state index contributed by atoms with van der Waals surface area (Å²) in [5, 5.41) is 9.20. The molecule has 0 saturated heterocycles. The first-order chi connectivity index (χ1) is 10.2. The molecule has 0 atom stereocenters. The molecule has 5 heteroatoms. The zero-order valence-electron chi connectivity index (χ0n) is 12.0. The lowest BCUT2D eigenvalue weighted by Gasteiger charge is -2.13. The molecule has 2 N–H and O–H groups in total. The standard InChI is InChI=1S/C16H18FN3O/c1-2-3-8-21-16-15(19)9-13(10-18)20(16)11-12-6-4-5-7-14(12)17/h4-7,9H,2-3,8,11,19H2,1H3. The van der Waals surface area contributed by atoms with Gasteiger partial charge in [0.2, 0.25) is 5.88 Å². The molecule has 110 valence electrons. The first-order valence-corrected chi connectivity index (χ1v) is 6.92. The Hall–Kier alpha value is -2.48. The van der Waals surface area contributed by atoms with E-state index in [-0.39, 0.29) is 12.4 Å². The number of nitrogens with two attached hydrogens (primary N) is 1. The normalized spacial score (nSPS) is 10.3. The summed E-state index contributed by atoms with van der Waals surface area (Å²) in [7, 11) is 0. The van der Waals surface area contributed by atoms with E-state index < -0.39 is 0 Å². The summed E-state index contributed by atoms with van der Waals surface area (Å²) in [4.78, 5) is 0. The van der Waals surface area contributed by atoms with Crippen LogP contribution in [0.25, 0.3) is 0 Å². The Morgan fingerprint density at radius 1 is 1.38 bits per heavy atom. The minimum Gasteiger partial charge on any atom is -0.477 e. The van der Waals surface area contributed by atoms with Gasteiger partial charge in [-0.3, -0.25) is 4.57 Å². The molecule has 21 heavy (non-hydrogen) atoms. The molecule has 1 aromatic heterocycles. The second-order valence-electron chi connectivity index (χ2n) is 4.78. The maximum Gasteiger partial charge on any atom is 0.218 e. The Balaban J connectivity index is 2.32. The van der Waals surface area contributed by atoms with E-state index >= 15 is 0 Å². The molecule has 1 heterocycles. The lowest BCUT2D eigenvalue weighted by Crippen LogP contribution is -2.09. The lowest BCUT2D eigenvalue weighted by atomic mass is 10.2. The third-order valence-electron chi connectivity index (χ3n) is 3.21. The highest BCUT2D eigenvalue weighted by molar-refractivity contribution is 5.55. The molecule has 0 saturated carbocycles. The number of unbranched alkanes of at least 4 members (excludes halogenated alkanes) is 1. The van der Waals surface area contributed by atoms with Crippen molar-refractivity contribution < 1.29 is 9.13 Å². The highest BCUT2D eigenvalue weighted by Crippen LogP contribution is 2.28. The minimum atomic E-state index is -0.312. The number of nitriles is 1. The highest BCUT2D eigenvalue weighted by Gasteiger charge is 2.16. The molecule has 2 aromatic rings. The van der Waals surface area contributed by atoms with Gasteiger partial charge < -0.3 is 10.5 Å². The Labute approximate surface area is 123 Å². The van der Waals surface area contributed by atoms with Crippen molar-refractivity contribution in [3.8, 4) is 11.9 Å². The van der Waals surface area contributed by atoms with E-state index in [0.29, 0.717) is 29.4 Å². The number of hydrogen-bond donors (Lipinski definition) is 1. The number of nitrogens with zero attached hydrogens (tertiary/aromatic N) is 2. The van der Waals surface area contributed by atoms with Crippen LogP contribution in [0.3, 0.4) is 0 Å². The van der Waals surface area contributed by atoms with E-state index in [1.165, 1.54) is 6.07 Å². The topological polar surface area (TPSA) is 64.0 Å². The molecule has 2 rings (SSSR count). The van der Waals surface area contributed by atoms with Crippen molar-refractivity contribution in [1.29, 1.82) is 5.26 Å². The van der Waals surface area contributed by atoms with Crippen LogP contribution in [-0.2, 0) is 6.54 Å². The van der Waals surface area contributed by atoms with Gasteiger partial charge in [0.1, 0.15) is 17.6 Å². The molecular weight excluding hydrogens is 269 g/mol. The van der Waals surface area contributed by atoms with Gasteiger partial charge in [0.05, 0.1) is 18.8 Å². The summed E-state index contributed by atoms with van der Waals surface area (Å²) in [5.74, 6) is 0.122. The number of ether oxygens (including phenoxy) is 1. The van der Waals surface area contributed by atoms with Crippen molar-refractivity contribution in [2.75, 3.05) is 12.3 Å². The van der Waals surface area contributed by atoms with Gasteiger partial charge in [0.15, 0.2) is 0 Å². The number of rotatable bonds is 6. The van der Waals surface area contributed by atoms with Crippen LogP contribution in [-0.4, -0.2) is 11.2 Å². The average molecular weight is 287 g/mol. The molecule has 1 aromatic carbocycles. The minimum absolute atomic E-state index is 0.216. The summed E-state index contributed by atoms with van der Waals surface area (Å²) in [5.41, 5.74) is 7.16. The monoisotopic (exact) mass is 287 g/mol. The Morgan fingerprint density at radius 2 is 2.14 bits per heavy atom. The van der Waals surface area contributed by atoms with Crippen LogP contribution in [0.2, 0.25) is 0 Å². The van der Waals surface area contributed by atoms with Crippen molar-refractivity contribution in [2.45, 2.75) is 26.3 Å². The lowest BCUT2D eigenvalue weighted by molar-refractivity contribution is 0.286. The molecule has 0 unspecified atom stereocenters. The molecule has 0 aliphatic rings. The Bertz CT molecular complexity index is 658. The zero-order valence-corrected chi connectivity index (χ0v) is 12.0. The maximum atomic E-state index is 13.8. The summed E-state index contributed by atoms with van der Waals surface area (Å²) >= 11 is 0. The molecule has 0 radical (unpaired) electrons. The second-order valence-corrected chi connectivity index (χ2v) is 4.78. The van der Waals surface area contributed by atoms with Gasteiger partial charge >= 0.3 is 0 Å². The number of anilines is 1. The van der Waals surface area contributed by atoms with E-state index in [0.717, 1.165) is 12.8 Å². The first-order valence-electron chi connectivity index (χ1n) is 6.92. The Kier molecular flexibility index (Phi) is 4.83. The quantitative estimate of drug-likeness (QED) is 0.829. The summed E-state index contributed by atoms with van der Waals surface area (Å²) in [6.07, 6.45) is 1.89. The number of halogens is 1. The number of benzene rings is 1. The van der Waals surface area contributed by atoms with Gasteiger partial charge in [-0.15, -0.1) is 0 Å². The molecule has 0 aliphatic carbocycles. The van der Waals surface area contributed by atoms with Crippen LogP contribution in [0.4, 0.5) is 10.1 Å². The number of nitrogen functional groups attached to an aromatic ring is 1. The van der Waals surface area contributed by atoms with E-state index in [1.54, 1.807) is 28.8 Å². The molecule has 4 nitrogen and oxygen atoms in total. The van der Waals surface area contributed by atoms with Gasteiger partial charge in [0, 0.05) is 11.6 Å². The van der Waals surface area contributed by atoms with E-state index in [4.69, 9.17) is 10.5 Å². The fourth-order valence-electron chi connectivity index (χ4n) is 2.07. The smallest absolute Gasteiger partial charge is 0.218 e. The van der Waals surface area contributed by atoms with Crippen LogP contribution in [0.5, 0.6) is 5.88 Å². The third-order valence-corrected chi connectivity index (χ3v) is 3.21. The second kappa shape index (κ2) is 6.80. The summed E-state index contributed by atoms with van der Waals surface area (Å²) in [6.45, 7) is 2.80. The van der Waals surface area contributed by atoms with Crippen LogP contribution < -0.4 is 10.5 Å². The fraction of sp³-hybridized carbons (Fsp3) is 0.312. The number of hydrogen-bond acceptors (Lipinski definition) is 3. The van der Waals surface area contributed by atoms with Gasteiger partial charge in [0.25, 0.3) is 0 Å². The predicted molar refractivity (Wildman–Crippen MR) is 79.5 cm³/mol. The van der Waals surface area contributed by atoms with Crippen molar-refractivity contribution in [2.24, 2.45) is 0 Å². The van der Waals surface area contributed by atoms with Crippen molar-refractivity contribution in [1.82, 2.24) is 4.57 Å². The van der Waals surface area contributed by atoms with E-state index in [1.807, 2.05) is 0 Å². The zero-order chi connectivity index (χ0) is 15.2. The molecule has 0 aliphatic heterocycles. The largest absolute Gasteiger partial charge is 0.477 e. The van der Waals surface area contributed by atoms with Gasteiger partial charge in [-0.2, -0.15) is 5.26 Å². The average Bonchev–Trinajstić information content (AvgIpc) is 2.78. The van der Waals surface area contributed by atoms with Gasteiger partial charge in [-0.1, -0.05) is 31.5 Å². The highest BCUT2D eigenvalue weighted by atomic mass is 19.1. The van der Waals surface area contributed by atoms with E-state index in [2.05, 4.69) is 13.0 Å². The van der Waals surface area contributed by atoms with E-state index in [9.17, 15) is 9.65 Å². The van der Waals surface area contributed by atoms with Crippen molar-refractivity contribution in [3.63, 3.8) is 0 Å². The van der Waals surface area contributed by atoms with Crippen LogP contribution in [0, 0.1) is 17.1 Å². The van der Waals surface area contributed by atoms with Gasteiger partial charge in [-0.25, -0.2) is 4.39 Å². The van der Waals surface area contributed by atoms with Crippen LogP contribution >= 0.6 is 0 Å². The summed E-state index contributed by atoms with van der Waals surface area (Å²) in [6, 6.07) is 10.1. The van der Waals surface area contributed by atoms with Gasteiger partial charge in [-0.05, 0) is 12.5 Å². The fourth-order valence-corrected chi connectivity index (χ4v) is 2.07. The summed E-state index contributed by atoms with van der Waals surface area (Å²) < 4.78 is 21.1. The van der Waals surface area contributed by atoms with Crippen LogP contribution in [0.1, 0.15) is 31.0 Å². The molecule has 0 fully saturated rings. The van der Waals surface area contributed by atoms with Crippen LogP contribution in [0.15, 0.2) is 30.3 Å². The predicted octanol–water partition coefficient (Wildman–Crippen LogP) is 3.31. The maximum absolute atomic E-state index is 13.8. The van der Waals surface area contributed by atoms with Crippen molar-refractivity contribution >= 4 is 5.69 Å². The molecule has 0 bridgehead atoms. The first kappa shape index (κ1) is 14.9. The molecule has 0 spiro atoms.